The lowest BCUT2D eigenvalue weighted by Crippen LogP contribution is -2.18. The fourth-order valence-electron chi connectivity index (χ4n) is 2.54. The fourth-order valence-corrected chi connectivity index (χ4v) is 2.71. The number of hydrogen-bond donors (Lipinski definition) is 1. The molecule has 1 amide bonds. The Morgan fingerprint density at radius 1 is 1.26 bits per heavy atom. The summed E-state index contributed by atoms with van der Waals surface area (Å²) in [6, 6.07) is 4.15. The Balaban J connectivity index is 1.92. The molecular formula is C16H12ClF4N5O. The van der Waals surface area contributed by atoms with Crippen LogP contribution in [-0.2, 0) is 17.4 Å². The third kappa shape index (κ3) is 3.70. The number of fused-ring (bicyclic) bond motifs is 1. The molecule has 27 heavy (non-hydrogen) atoms. The van der Waals surface area contributed by atoms with Gasteiger partial charge in [0.15, 0.2) is 5.82 Å². The minimum absolute atomic E-state index is 0.100. The van der Waals surface area contributed by atoms with Crippen LogP contribution in [0.4, 0.5) is 23.2 Å². The normalized spacial score (nSPS) is 11.8. The van der Waals surface area contributed by atoms with Gasteiger partial charge >= 0.3 is 6.18 Å². The van der Waals surface area contributed by atoms with Crippen LogP contribution >= 0.6 is 11.6 Å². The van der Waals surface area contributed by atoms with Gasteiger partial charge in [0, 0.05) is 17.0 Å². The summed E-state index contributed by atoms with van der Waals surface area (Å²) in [6.45, 7) is 3.04. The summed E-state index contributed by atoms with van der Waals surface area (Å²) in [7, 11) is 0. The number of aryl methyl sites for hydroxylation is 2. The second-order valence-corrected chi connectivity index (χ2v) is 6.14. The van der Waals surface area contributed by atoms with E-state index in [0.717, 1.165) is 4.52 Å². The van der Waals surface area contributed by atoms with Gasteiger partial charge in [0.1, 0.15) is 0 Å². The summed E-state index contributed by atoms with van der Waals surface area (Å²) in [4.78, 5) is 19.6. The van der Waals surface area contributed by atoms with Crippen LogP contribution in [0, 0.1) is 19.7 Å². The van der Waals surface area contributed by atoms with Gasteiger partial charge in [0.25, 0.3) is 11.6 Å². The molecule has 2 heterocycles. The van der Waals surface area contributed by atoms with E-state index in [2.05, 4.69) is 20.4 Å². The van der Waals surface area contributed by atoms with Crippen LogP contribution < -0.4 is 5.32 Å². The zero-order valence-electron chi connectivity index (χ0n) is 14.0. The number of nitrogens with one attached hydrogen (secondary N) is 1. The number of carbonyl (C=O) groups excluding carboxylic acids is 1. The Morgan fingerprint density at radius 2 is 1.96 bits per heavy atom. The molecule has 0 spiro atoms. The van der Waals surface area contributed by atoms with Crippen molar-refractivity contribution in [1.82, 2.24) is 19.6 Å². The van der Waals surface area contributed by atoms with Crippen LogP contribution in [0.15, 0.2) is 18.2 Å². The van der Waals surface area contributed by atoms with Crippen molar-refractivity contribution in [3.05, 3.63) is 51.8 Å². The first kappa shape index (κ1) is 19.0. The smallest absolute Gasteiger partial charge is 0.323 e. The first-order valence-corrected chi connectivity index (χ1v) is 7.99. The highest BCUT2D eigenvalue weighted by Crippen LogP contribution is 2.27. The number of halogens is 5. The van der Waals surface area contributed by atoms with Gasteiger partial charge in [-0.2, -0.15) is 18.2 Å². The Hall–Kier alpha value is -2.75. The summed E-state index contributed by atoms with van der Waals surface area (Å²) in [5.74, 6) is -2.90. The highest BCUT2D eigenvalue weighted by molar-refractivity contribution is 6.31. The maximum Gasteiger partial charge on any atom is 0.453 e. The molecule has 1 N–H and O–H groups in total. The quantitative estimate of drug-likeness (QED) is 0.679. The molecule has 3 aromatic rings. The number of alkyl halides is 3. The van der Waals surface area contributed by atoms with Crippen molar-refractivity contribution in [3.63, 3.8) is 0 Å². The van der Waals surface area contributed by atoms with Crippen LogP contribution in [0.1, 0.15) is 22.8 Å². The first-order valence-electron chi connectivity index (χ1n) is 7.62. The van der Waals surface area contributed by atoms with E-state index in [4.69, 9.17) is 11.6 Å². The van der Waals surface area contributed by atoms with Gasteiger partial charge in [-0.05, 0) is 26.0 Å². The van der Waals surface area contributed by atoms with Crippen molar-refractivity contribution in [3.8, 4) is 0 Å². The number of nitrogens with zero attached hydrogens (tertiary/aromatic N) is 4. The molecular weight excluding hydrogens is 390 g/mol. The van der Waals surface area contributed by atoms with Gasteiger partial charge in [0.05, 0.1) is 17.1 Å². The number of rotatable bonds is 3. The van der Waals surface area contributed by atoms with E-state index in [1.165, 1.54) is 32.0 Å². The molecule has 0 radical (unpaired) electrons. The third-order valence-electron chi connectivity index (χ3n) is 3.87. The molecule has 1 aromatic carbocycles. The van der Waals surface area contributed by atoms with Crippen LogP contribution in [-0.4, -0.2) is 25.5 Å². The van der Waals surface area contributed by atoms with Gasteiger partial charge in [-0.25, -0.2) is 13.9 Å². The minimum atomic E-state index is -4.71. The monoisotopic (exact) mass is 401 g/mol. The maximum atomic E-state index is 13.9. The summed E-state index contributed by atoms with van der Waals surface area (Å²) in [6.07, 6.45) is -4.95. The van der Waals surface area contributed by atoms with E-state index < -0.39 is 23.7 Å². The lowest BCUT2D eigenvalue weighted by molar-refractivity contribution is -0.144. The average molecular weight is 402 g/mol. The zero-order valence-corrected chi connectivity index (χ0v) is 14.8. The number of aromatic nitrogens is 4. The molecule has 2 aromatic heterocycles. The number of hydrogen-bond acceptors (Lipinski definition) is 4. The van der Waals surface area contributed by atoms with Crippen LogP contribution in [0.25, 0.3) is 5.78 Å². The molecule has 142 valence electrons. The minimum Gasteiger partial charge on any atom is -0.323 e. The van der Waals surface area contributed by atoms with E-state index in [1.807, 2.05) is 0 Å². The molecule has 0 aliphatic rings. The van der Waals surface area contributed by atoms with Gasteiger partial charge in [-0.1, -0.05) is 17.7 Å². The van der Waals surface area contributed by atoms with Crippen molar-refractivity contribution >= 4 is 29.0 Å². The van der Waals surface area contributed by atoms with E-state index in [0.29, 0.717) is 11.3 Å². The lowest BCUT2D eigenvalue weighted by Gasteiger charge is -2.11. The van der Waals surface area contributed by atoms with Crippen molar-refractivity contribution in [2.45, 2.75) is 26.4 Å². The number of benzene rings is 1. The zero-order chi connectivity index (χ0) is 19.9. The van der Waals surface area contributed by atoms with Gasteiger partial charge in [0.2, 0.25) is 5.91 Å². The number of carbonyl (C=O) groups is 1. The van der Waals surface area contributed by atoms with E-state index in [9.17, 15) is 22.4 Å². The van der Waals surface area contributed by atoms with Crippen molar-refractivity contribution in [2.24, 2.45) is 0 Å². The topological polar surface area (TPSA) is 72.2 Å². The molecule has 0 atom stereocenters. The Kier molecular flexibility index (Phi) is 4.77. The predicted molar refractivity (Wildman–Crippen MR) is 89.0 cm³/mol. The molecule has 0 saturated carbocycles. The molecule has 11 heteroatoms. The highest BCUT2D eigenvalue weighted by atomic mass is 35.5. The van der Waals surface area contributed by atoms with Crippen molar-refractivity contribution < 1.29 is 22.4 Å². The molecule has 0 unspecified atom stereocenters. The third-order valence-corrected chi connectivity index (χ3v) is 4.16. The molecule has 6 nitrogen and oxygen atoms in total. The van der Waals surface area contributed by atoms with Crippen LogP contribution in [0.5, 0.6) is 0 Å². The van der Waals surface area contributed by atoms with Gasteiger partial charge in [-0.15, -0.1) is 5.10 Å². The lowest BCUT2D eigenvalue weighted by atomic mass is 10.1. The standard InChI is InChI=1S/C16H12ClF4N5O/c1-7-9(6-12(27)23-11-5-3-4-10(17)13(11)18)8(2)26-15(22-7)24-14(25-26)16(19,20)21/h3-5H,6H2,1-2H3,(H,23,27). The summed E-state index contributed by atoms with van der Waals surface area (Å²) in [5.41, 5.74) is 0.864. The summed E-state index contributed by atoms with van der Waals surface area (Å²) < 4.78 is 53.2. The molecule has 3 rings (SSSR count). The van der Waals surface area contributed by atoms with Crippen molar-refractivity contribution in [2.75, 3.05) is 5.32 Å². The molecule has 0 fully saturated rings. The predicted octanol–water partition coefficient (Wildman–Crippen LogP) is 3.73. The van der Waals surface area contributed by atoms with Crippen LogP contribution in [0.3, 0.4) is 0 Å². The van der Waals surface area contributed by atoms with E-state index in [-0.39, 0.29) is 28.6 Å². The summed E-state index contributed by atoms with van der Waals surface area (Å²) >= 11 is 5.67. The number of amides is 1. The molecule has 0 saturated heterocycles. The number of anilines is 1. The van der Waals surface area contributed by atoms with Crippen molar-refractivity contribution in [1.29, 1.82) is 0 Å². The molecule has 0 bridgehead atoms. The largest absolute Gasteiger partial charge is 0.453 e. The van der Waals surface area contributed by atoms with E-state index >= 15 is 0 Å². The fraction of sp³-hybridized carbons (Fsp3) is 0.250. The average Bonchev–Trinajstić information content (AvgIpc) is 3.00. The molecule has 0 aliphatic carbocycles. The Morgan fingerprint density at radius 3 is 2.63 bits per heavy atom. The van der Waals surface area contributed by atoms with Gasteiger partial charge in [-0.3, -0.25) is 4.79 Å². The Bertz CT molecular complexity index is 1050. The first-order chi connectivity index (χ1) is 12.6. The highest BCUT2D eigenvalue weighted by Gasteiger charge is 2.37. The SMILES string of the molecule is Cc1nc2nc(C(F)(F)F)nn2c(C)c1CC(=O)Nc1cccc(Cl)c1F. The second kappa shape index (κ2) is 6.76. The molecule has 0 aliphatic heterocycles. The second-order valence-electron chi connectivity index (χ2n) is 5.73. The van der Waals surface area contributed by atoms with Crippen LogP contribution in [0.2, 0.25) is 5.02 Å². The van der Waals surface area contributed by atoms with E-state index in [1.54, 1.807) is 0 Å². The Labute approximate surface area is 155 Å². The summed E-state index contributed by atoms with van der Waals surface area (Å²) in [5, 5.41) is 5.64. The maximum absolute atomic E-state index is 13.9. The van der Waals surface area contributed by atoms with Gasteiger partial charge < -0.3 is 5.32 Å².